The quantitative estimate of drug-likeness (QED) is 0.0770. The zero-order chi connectivity index (χ0) is 34.6. The minimum absolute atomic E-state index is 0.183. The summed E-state index contributed by atoms with van der Waals surface area (Å²) in [4.78, 5) is 22.4. The molecular weight excluding hydrogens is 634 g/mol. The monoisotopic (exact) mass is 691 g/mol. The van der Waals surface area contributed by atoms with Crippen molar-refractivity contribution in [2.45, 2.75) is 19.8 Å². The van der Waals surface area contributed by atoms with E-state index in [4.69, 9.17) is 57.2 Å². The predicted octanol–water partition coefficient (Wildman–Crippen LogP) is 2.31. The molecule has 0 saturated carbocycles. The van der Waals surface area contributed by atoms with E-state index in [0.29, 0.717) is 124 Å². The molecule has 15 nitrogen and oxygen atoms in total. The Kier molecular flexibility index (Phi) is 31.3. The van der Waals surface area contributed by atoms with Crippen LogP contribution in [0.5, 0.6) is 0 Å². The minimum atomic E-state index is -1.000. The molecule has 2 N–H and O–H groups in total. The molecule has 0 aliphatic carbocycles. The molecule has 0 atom stereocenters. The lowest BCUT2D eigenvalue weighted by Gasteiger charge is -2.09. The van der Waals surface area contributed by atoms with Gasteiger partial charge in [0.05, 0.1) is 131 Å². The Morgan fingerprint density at radius 1 is 0.521 bits per heavy atom. The second-order valence-corrected chi connectivity index (χ2v) is 9.95. The second-order valence-electron chi connectivity index (χ2n) is 9.95. The lowest BCUT2D eigenvalue weighted by molar-refractivity contribution is -0.142. The SMILES string of the molecule is CCCCNc1ccc(C(=O)OCCOCCOCCOCCOCCOCCOCCOCCOCCOCCOCC(=O)O)cc1. The van der Waals surface area contributed by atoms with E-state index in [9.17, 15) is 9.59 Å². The highest BCUT2D eigenvalue weighted by atomic mass is 16.6. The number of rotatable bonds is 37. The van der Waals surface area contributed by atoms with Crippen LogP contribution < -0.4 is 5.32 Å². The van der Waals surface area contributed by atoms with Crippen LogP contribution in [-0.2, 0) is 56.9 Å². The standard InChI is InChI=1S/C33H57NO14/c1-2-3-8-34-31-6-4-30(5-7-31)33(37)48-28-27-46-24-23-44-20-19-42-16-15-40-12-11-38-9-10-39-13-14-41-17-18-43-21-22-45-25-26-47-29-32(35)36/h4-7,34H,2-3,8-29H2,1H3,(H,35,36). The second kappa shape index (κ2) is 34.4. The maximum Gasteiger partial charge on any atom is 0.338 e. The Labute approximate surface area is 284 Å². The zero-order valence-corrected chi connectivity index (χ0v) is 28.5. The molecule has 0 fully saturated rings. The zero-order valence-electron chi connectivity index (χ0n) is 28.5. The van der Waals surface area contributed by atoms with Gasteiger partial charge in [-0.15, -0.1) is 0 Å². The number of hydrogen-bond acceptors (Lipinski definition) is 14. The van der Waals surface area contributed by atoms with Crippen LogP contribution in [-0.4, -0.2) is 162 Å². The van der Waals surface area contributed by atoms with Crippen LogP contribution in [0.3, 0.4) is 0 Å². The predicted molar refractivity (Wildman–Crippen MR) is 176 cm³/mol. The largest absolute Gasteiger partial charge is 0.480 e. The third-order valence-electron chi connectivity index (χ3n) is 6.01. The third-order valence-corrected chi connectivity index (χ3v) is 6.01. The van der Waals surface area contributed by atoms with Crippen molar-refractivity contribution < 1.29 is 66.8 Å². The Morgan fingerprint density at radius 2 is 0.854 bits per heavy atom. The lowest BCUT2D eigenvalue weighted by Crippen LogP contribution is -2.16. The van der Waals surface area contributed by atoms with Crippen molar-refractivity contribution in [2.75, 3.05) is 151 Å². The number of carboxylic acids is 1. The summed E-state index contributed by atoms with van der Waals surface area (Å²) in [5.74, 6) is -1.37. The maximum atomic E-state index is 12.1. The lowest BCUT2D eigenvalue weighted by atomic mass is 10.2. The average Bonchev–Trinajstić information content (AvgIpc) is 3.09. The van der Waals surface area contributed by atoms with Crippen LogP contribution in [0.1, 0.15) is 30.1 Å². The van der Waals surface area contributed by atoms with Crippen LogP contribution >= 0.6 is 0 Å². The fourth-order valence-electron chi connectivity index (χ4n) is 3.55. The van der Waals surface area contributed by atoms with Gasteiger partial charge in [0.2, 0.25) is 0 Å². The summed E-state index contributed by atoms with van der Waals surface area (Å²) in [6.45, 7) is 11.1. The van der Waals surface area contributed by atoms with E-state index in [2.05, 4.69) is 12.2 Å². The topological polar surface area (TPSA) is 168 Å². The third kappa shape index (κ3) is 29.7. The van der Waals surface area contributed by atoms with Crippen molar-refractivity contribution in [3.05, 3.63) is 29.8 Å². The first-order chi connectivity index (χ1) is 23.6. The molecule has 278 valence electrons. The highest BCUT2D eigenvalue weighted by Crippen LogP contribution is 2.10. The van der Waals surface area contributed by atoms with Crippen molar-refractivity contribution >= 4 is 17.6 Å². The smallest absolute Gasteiger partial charge is 0.338 e. The van der Waals surface area contributed by atoms with Gasteiger partial charge in [-0.05, 0) is 30.7 Å². The summed E-state index contributed by atoms with van der Waals surface area (Å²) < 4.78 is 58.8. The van der Waals surface area contributed by atoms with Crippen molar-refractivity contribution in [2.24, 2.45) is 0 Å². The number of aliphatic carboxylic acids is 1. The molecule has 0 aliphatic heterocycles. The molecule has 48 heavy (non-hydrogen) atoms. The van der Waals surface area contributed by atoms with E-state index in [-0.39, 0.29) is 25.8 Å². The first kappa shape index (κ1) is 43.6. The first-order valence-corrected chi connectivity index (χ1v) is 16.6. The van der Waals surface area contributed by atoms with E-state index in [1.807, 2.05) is 12.1 Å². The van der Waals surface area contributed by atoms with Gasteiger partial charge in [0, 0.05) is 12.2 Å². The average molecular weight is 692 g/mol. The van der Waals surface area contributed by atoms with Crippen LogP contribution in [0.15, 0.2) is 24.3 Å². The fourth-order valence-corrected chi connectivity index (χ4v) is 3.55. The molecule has 0 heterocycles. The van der Waals surface area contributed by atoms with Gasteiger partial charge >= 0.3 is 11.9 Å². The fraction of sp³-hybridized carbons (Fsp3) is 0.758. The summed E-state index contributed by atoms with van der Waals surface area (Å²) in [6, 6.07) is 7.27. The molecule has 1 aromatic carbocycles. The van der Waals surface area contributed by atoms with Gasteiger partial charge in [-0.2, -0.15) is 0 Å². The normalized spacial score (nSPS) is 11.2. The Bertz CT molecular complexity index is 861. The molecule has 1 aromatic rings. The molecule has 0 radical (unpaired) electrons. The first-order valence-electron chi connectivity index (χ1n) is 16.6. The Hall–Kier alpha value is -2.44. The summed E-state index contributed by atoms with van der Waals surface area (Å²) in [6.07, 6.45) is 2.24. The number of anilines is 1. The summed E-state index contributed by atoms with van der Waals surface area (Å²) >= 11 is 0. The molecule has 0 bridgehead atoms. The van der Waals surface area contributed by atoms with Crippen molar-refractivity contribution in [1.82, 2.24) is 0 Å². The van der Waals surface area contributed by atoms with Crippen molar-refractivity contribution in [3.8, 4) is 0 Å². The molecule has 0 amide bonds. The van der Waals surface area contributed by atoms with E-state index >= 15 is 0 Å². The van der Waals surface area contributed by atoms with Crippen LogP contribution in [0.4, 0.5) is 5.69 Å². The summed E-state index contributed by atoms with van der Waals surface area (Å²) in [5, 5.41) is 11.7. The summed E-state index contributed by atoms with van der Waals surface area (Å²) in [5.41, 5.74) is 1.50. The highest BCUT2D eigenvalue weighted by molar-refractivity contribution is 5.89. The molecule has 0 aliphatic rings. The van der Waals surface area contributed by atoms with Gasteiger partial charge in [-0.1, -0.05) is 13.3 Å². The number of esters is 1. The molecule has 0 saturated heterocycles. The number of carboxylic acid groups (broad SMARTS) is 1. The maximum absolute atomic E-state index is 12.1. The number of benzene rings is 1. The van der Waals surface area contributed by atoms with Crippen LogP contribution in [0.25, 0.3) is 0 Å². The Morgan fingerprint density at radius 3 is 1.19 bits per heavy atom. The number of nitrogens with one attached hydrogen (secondary N) is 1. The van der Waals surface area contributed by atoms with Crippen molar-refractivity contribution in [3.63, 3.8) is 0 Å². The van der Waals surface area contributed by atoms with Gasteiger partial charge in [-0.25, -0.2) is 9.59 Å². The molecule has 15 heteroatoms. The number of ether oxygens (including phenoxy) is 11. The van der Waals surface area contributed by atoms with Gasteiger partial charge < -0.3 is 62.5 Å². The highest BCUT2D eigenvalue weighted by Gasteiger charge is 2.07. The van der Waals surface area contributed by atoms with E-state index in [0.717, 1.165) is 25.1 Å². The number of unbranched alkanes of at least 4 members (excludes halogenated alkanes) is 1. The van der Waals surface area contributed by atoms with Crippen LogP contribution in [0, 0.1) is 0 Å². The van der Waals surface area contributed by atoms with E-state index < -0.39 is 5.97 Å². The number of carbonyl (C=O) groups is 2. The molecule has 1 rings (SSSR count). The summed E-state index contributed by atoms with van der Waals surface area (Å²) in [7, 11) is 0. The van der Waals surface area contributed by atoms with Gasteiger partial charge in [0.25, 0.3) is 0 Å². The van der Waals surface area contributed by atoms with Gasteiger partial charge in [0.1, 0.15) is 13.2 Å². The molecule has 0 aromatic heterocycles. The number of hydrogen-bond donors (Lipinski definition) is 2. The molecule has 0 spiro atoms. The van der Waals surface area contributed by atoms with Crippen LogP contribution in [0.2, 0.25) is 0 Å². The van der Waals surface area contributed by atoms with E-state index in [1.165, 1.54) is 0 Å². The molecular formula is C33H57NO14. The van der Waals surface area contributed by atoms with Gasteiger partial charge in [-0.3, -0.25) is 0 Å². The van der Waals surface area contributed by atoms with E-state index in [1.54, 1.807) is 12.1 Å². The van der Waals surface area contributed by atoms with Gasteiger partial charge in [0.15, 0.2) is 0 Å². The Balaban J connectivity index is 1.70. The van der Waals surface area contributed by atoms with Crippen molar-refractivity contribution in [1.29, 1.82) is 0 Å². The molecule has 0 unspecified atom stereocenters. The minimum Gasteiger partial charge on any atom is -0.480 e. The number of carbonyl (C=O) groups excluding carboxylic acids is 1.